The number of likely N-dealkylation sites (tertiary alicyclic amines) is 2. The molecule has 5 aliphatic heterocycles. The maximum Gasteiger partial charge on any atom is 0.272 e. The van der Waals surface area contributed by atoms with Crippen molar-refractivity contribution in [1.29, 1.82) is 0 Å². The Labute approximate surface area is 456 Å². The molecule has 5 saturated heterocycles. The second-order valence-corrected chi connectivity index (χ2v) is 25.8. The molecule has 1 unspecified atom stereocenters. The van der Waals surface area contributed by atoms with Gasteiger partial charge >= 0.3 is 0 Å². The van der Waals surface area contributed by atoms with Crippen molar-refractivity contribution in [2.75, 3.05) is 80.7 Å². The van der Waals surface area contributed by atoms with Gasteiger partial charge in [0.25, 0.3) is 23.6 Å². The van der Waals surface area contributed by atoms with E-state index in [-0.39, 0.29) is 97.9 Å². The lowest BCUT2D eigenvalue weighted by molar-refractivity contribution is -0.128. The summed E-state index contributed by atoms with van der Waals surface area (Å²) in [6, 6.07) is 7.83. The molecule has 2 aromatic heterocycles. The van der Waals surface area contributed by atoms with Crippen LogP contribution in [-0.4, -0.2) is 162 Å². The van der Waals surface area contributed by atoms with Crippen LogP contribution in [0.25, 0.3) is 0 Å². The van der Waals surface area contributed by atoms with Crippen molar-refractivity contribution in [3.63, 3.8) is 0 Å². The molecule has 3 spiro atoms. The molecule has 7 aliphatic rings. The fraction of sp³-hybridized carbons (Fsp3) is 0.547. The minimum Gasteiger partial charge on any atom is -0.348 e. The highest BCUT2D eigenvalue weighted by Gasteiger charge is 2.52. The number of carbonyl (C=O) groups excluding carboxylic acids is 6. The third-order valence-corrected chi connectivity index (χ3v) is 19.7. The summed E-state index contributed by atoms with van der Waals surface area (Å²) in [5.41, 5.74) is 0.624. The predicted molar refractivity (Wildman–Crippen MR) is 286 cm³/mol. The van der Waals surface area contributed by atoms with Crippen LogP contribution in [0.1, 0.15) is 120 Å². The van der Waals surface area contributed by atoms with Crippen molar-refractivity contribution in [3.05, 3.63) is 93.5 Å². The van der Waals surface area contributed by atoms with Crippen molar-refractivity contribution in [1.82, 2.24) is 45.3 Å². The zero-order valence-electron chi connectivity index (χ0n) is 43.1. The van der Waals surface area contributed by atoms with Gasteiger partial charge in [-0.2, -0.15) is 10.6 Å². The molecule has 0 radical (unpaired) electrons. The van der Waals surface area contributed by atoms with Crippen LogP contribution >= 0.6 is 33.8 Å². The Hall–Kier alpha value is -5.65. The van der Waals surface area contributed by atoms with E-state index in [9.17, 15) is 46.7 Å². The normalized spacial score (nSPS) is 27.4. The predicted octanol–water partition coefficient (Wildman–Crippen LogP) is 7.22. The number of hydrogen-bond donors (Lipinski definition) is 6. The Kier molecular flexibility index (Phi) is 15.3. The molecule has 11 rings (SSSR count). The molecule has 7 fully saturated rings. The first-order valence-corrected chi connectivity index (χ1v) is 29.0. The van der Waals surface area contributed by atoms with Crippen LogP contribution in [0.4, 0.5) is 20.2 Å². The molecule has 19 nitrogen and oxygen atoms in total. The number of rotatable bonds is 8. The molecule has 6 amide bonds. The highest BCUT2D eigenvalue weighted by molar-refractivity contribution is 8.24. The van der Waals surface area contributed by atoms with E-state index >= 15 is 0 Å². The Morgan fingerprint density at radius 1 is 0.675 bits per heavy atom. The monoisotopic (exact) mass is 1120 g/mol. The number of anilines is 2. The van der Waals surface area contributed by atoms with E-state index < -0.39 is 44.9 Å². The number of nitrogens with zero attached hydrogens (tertiary/aromatic N) is 7. The number of halogens is 4. The van der Waals surface area contributed by atoms with Gasteiger partial charge < -0.3 is 45.1 Å². The minimum absolute atomic E-state index is 0.00198. The van der Waals surface area contributed by atoms with Gasteiger partial charge in [0.1, 0.15) is 23.0 Å². The SMILES string of the molecule is CC1CN(C(=O)c2[nH]cnc2C(=O)NC2CCC3(CC2)CCN(c2ccc(F)cc2Cl)C3=O)CCS(O)(O)C1.CN1CC2(CCN(C(=O)c3[nH]cnc3C(=O)NC3CCC4(CC3)CCN(c3ccc(F)cc3Cl)C4=O)C2)C1. The molecule has 77 heavy (non-hydrogen) atoms. The van der Waals surface area contributed by atoms with Crippen LogP contribution in [-0.2, 0) is 9.59 Å². The molecule has 4 aromatic rings. The number of aromatic amines is 2. The second-order valence-electron chi connectivity index (χ2n) is 22.6. The average Bonchev–Trinajstić information content (AvgIpc) is 4.27. The third kappa shape index (κ3) is 11.1. The molecule has 2 aliphatic carbocycles. The molecule has 7 heterocycles. The van der Waals surface area contributed by atoms with E-state index in [2.05, 4.69) is 42.5 Å². The second kappa shape index (κ2) is 21.5. The molecule has 414 valence electrons. The Balaban J connectivity index is 0.000000175. The summed E-state index contributed by atoms with van der Waals surface area (Å²) in [6.07, 6.45) is 10.0. The highest BCUT2D eigenvalue weighted by atomic mass is 35.5. The van der Waals surface area contributed by atoms with Crippen molar-refractivity contribution in [3.8, 4) is 0 Å². The number of carbonyl (C=O) groups is 6. The quantitative estimate of drug-likeness (QED) is 0.103. The lowest BCUT2D eigenvalue weighted by Gasteiger charge is -2.46. The van der Waals surface area contributed by atoms with Crippen LogP contribution in [0.2, 0.25) is 10.0 Å². The van der Waals surface area contributed by atoms with Gasteiger partial charge in [-0.05, 0) is 120 Å². The Morgan fingerprint density at radius 2 is 1.14 bits per heavy atom. The summed E-state index contributed by atoms with van der Waals surface area (Å²) in [7, 11) is -0.650. The van der Waals surface area contributed by atoms with Crippen molar-refractivity contribution in [2.24, 2.45) is 22.2 Å². The van der Waals surface area contributed by atoms with Crippen molar-refractivity contribution >= 4 is 80.6 Å². The zero-order valence-corrected chi connectivity index (χ0v) is 45.4. The Bertz CT molecular complexity index is 2960. The summed E-state index contributed by atoms with van der Waals surface area (Å²) in [6.45, 7) is 6.82. The summed E-state index contributed by atoms with van der Waals surface area (Å²) in [4.78, 5) is 102. The zero-order chi connectivity index (χ0) is 54.6. The summed E-state index contributed by atoms with van der Waals surface area (Å²) < 4.78 is 47.3. The average molecular weight is 1130 g/mol. The fourth-order valence-electron chi connectivity index (χ4n) is 13.1. The minimum atomic E-state index is -2.73. The third-order valence-electron chi connectivity index (χ3n) is 17.1. The smallest absolute Gasteiger partial charge is 0.272 e. The van der Waals surface area contributed by atoms with Crippen LogP contribution in [0, 0.1) is 33.8 Å². The summed E-state index contributed by atoms with van der Waals surface area (Å²) in [5.74, 6) is -2.07. The lowest BCUT2D eigenvalue weighted by atomic mass is 9.71. The standard InChI is InChI=1S/C27H32ClFN6O3.C26H33ClFN5O5S/c1-33-13-26(14-33)8-10-34(15-26)24(37)22-21(30-16-31-22)23(36)32-18-4-6-27(7-5-18)9-11-35(25(27)38)20-3-2-17(29)12-19(20)28;1-16-13-32(10-11-39(37,38)14-16)24(35)22-21(29-15-30-22)23(34)31-18-4-6-26(7-5-18)8-9-33(25(26)36)20-3-2-17(28)12-19(20)27/h2-3,12,16,18H,4-11,13-15H2,1H3,(H,30,31)(H,32,36);2-3,12,15-16,18,37-38H,4-11,13-14H2,1H3,(H,29,30)(H,31,34). The number of H-pyrrole nitrogens is 2. The number of hydrogen-bond acceptors (Lipinski definition) is 11. The molecule has 1 atom stereocenters. The molecule has 6 N–H and O–H groups in total. The van der Waals surface area contributed by atoms with Crippen molar-refractivity contribution in [2.45, 2.75) is 89.6 Å². The molecule has 0 bridgehead atoms. The summed E-state index contributed by atoms with van der Waals surface area (Å²) in [5, 5.41) is 6.45. The van der Waals surface area contributed by atoms with Gasteiger partial charge in [0.05, 0.1) is 50.7 Å². The van der Waals surface area contributed by atoms with E-state index in [1.54, 1.807) is 15.9 Å². The molecule has 2 saturated carbocycles. The van der Waals surface area contributed by atoms with Crippen molar-refractivity contribution < 1.29 is 46.7 Å². The first-order chi connectivity index (χ1) is 36.7. The maximum atomic E-state index is 13.5. The largest absolute Gasteiger partial charge is 0.348 e. The Morgan fingerprint density at radius 3 is 1.60 bits per heavy atom. The number of amides is 6. The lowest BCUT2D eigenvalue weighted by Crippen LogP contribution is -2.55. The van der Waals surface area contributed by atoms with E-state index in [1.807, 2.05) is 11.8 Å². The van der Waals surface area contributed by atoms with Gasteiger partial charge in [-0.15, -0.1) is 0 Å². The summed E-state index contributed by atoms with van der Waals surface area (Å²) >= 11 is 12.4. The van der Waals surface area contributed by atoms with Gasteiger partial charge in [-0.25, -0.2) is 18.7 Å². The van der Waals surface area contributed by atoms with E-state index in [0.717, 1.165) is 19.5 Å². The van der Waals surface area contributed by atoms with Gasteiger partial charge in [0, 0.05) is 75.6 Å². The number of imidazole rings is 2. The van der Waals surface area contributed by atoms with Crippen LogP contribution in [0.3, 0.4) is 0 Å². The topological polar surface area (TPSA) is 241 Å². The van der Waals surface area contributed by atoms with Gasteiger partial charge in [0.15, 0.2) is 11.4 Å². The van der Waals surface area contributed by atoms with E-state index in [1.165, 1.54) is 47.9 Å². The molecular weight excluding hydrogens is 1060 g/mol. The number of nitrogens with one attached hydrogen (secondary N) is 4. The molecule has 24 heteroatoms. The molecular formula is C53H65Cl2F2N11O8S. The number of benzene rings is 2. The van der Waals surface area contributed by atoms with Gasteiger partial charge in [0.2, 0.25) is 11.8 Å². The number of aromatic nitrogens is 4. The highest BCUT2D eigenvalue weighted by Crippen LogP contribution is 2.49. The van der Waals surface area contributed by atoms with Gasteiger partial charge in [-0.1, -0.05) is 30.1 Å². The fourth-order valence-corrected chi connectivity index (χ4v) is 15.3. The van der Waals surface area contributed by atoms with Crippen LogP contribution < -0.4 is 20.4 Å². The van der Waals surface area contributed by atoms with Crippen LogP contribution in [0.15, 0.2) is 49.1 Å². The first kappa shape index (κ1) is 54.7. The first-order valence-electron chi connectivity index (χ1n) is 26.4. The van der Waals surface area contributed by atoms with Gasteiger partial charge in [-0.3, -0.25) is 37.9 Å². The maximum absolute atomic E-state index is 13.5. The molecule has 2 aromatic carbocycles. The van der Waals surface area contributed by atoms with E-state index in [0.29, 0.717) is 108 Å². The van der Waals surface area contributed by atoms with Crippen LogP contribution in [0.5, 0.6) is 0 Å². The van der Waals surface area contributed by atoms with E-state index in [4.69, 9.17) is 23.2 Å².